The molecule has 0 radical (unpaired) electrons. The molecule has 0 aromatic heterocycles. The van der Waals surface area contributed by atoms with Crippen molar-refractivity contribution < 1.29 is 35.4 Å². The molecule has 6 nitrogen and oxygen atoms in total. The Labute approximate surface area is 392 Å². The molecule has 0 atom stereocenters. The second kappa shape index (κ2) is 51.3. The highest BCUT2D eigenvalue weighted by Gasteiger charge is 2.19. The van der Waals surface area contributed by atoms with Crippen molar-refractivity contribution in [3.05, 3.63) is 36.5 Å². The highest BCUT2D eigenvalue weighted by molar-refractivity contribution is 5.71. The largest absolute Gasteiger partial charge is 0.462 e. The number of hydrogen-bond acceptors (Lipinski definition) is 6. The maximum atomic E-state index is 13.1. The SMILES string of the molecule is [2H]C([2H])(OC(=O)CCCCCCC/C=C/CCCCCCCC)C([2H])(OC(=O)CCCCCCCC/C=C/CCCCCC)C([2H])([2H])OC(=O)CCCCCCC/C=C/CCCCCCCC. The van der Waals surface area contributed by atoms with Crippen molar-refractivity contribution in [1.82, 2.24) is 0 Å². The Hall–Kier alpha value is -2.37. The lowest BCUT2D eigenvalue weighted by molar-refractivity contribution is -0.167. The van der Waals surface area contributed by atoms with Crippen molar-refractivity contribution >= 4 is 17.9 Å². The first-order valence-electron chi connectivity index (χ1n) is 29.0. The Morgan fingerprint density at radius 1 is 0.355 bits per heavy atom. The molecule has 0 rings (SSSR count). The van der Waals surface area contributed by atoms with Crippen LogP contribution in [-0.2, 0) is 28.6 Å². The van der Waals surface area contributed by atoms with Crippen molar-refractivity contribution in [2.24, 2.45) is 0 Å². The summed E-state index contributed by atoms with van der Waals surface area (Å²) in [7, 11) is 0. The van der Waals surface area contributed by atoms with Crippen LogP contribution in [0.4, 0.5) is 0 Å². The molecule has 0 heterocycles. The third-order valence-corrected chi connectivity index (χ3v) is 11.4. The highest BCUT2D eigenvalue weighted by Crippen LogP contribution is 2.15. The van der Waals surface area contributed by atoms with Crippen LogP contribution in [0.1, 0.15) is 291 Å². The normalized spacial score (nSPS) is 13.6. The first-order chi connectivity index (χ1) is 32.4. The maximum absolute atomic E-state index is 13.1. The molecule has 362 valence electrons. The summed E-state index contributed by atoms with van der Waals surface area (Å²) in [5, 5.41) is 0. The van der Waals surface area contributed by atoms with Crippen LogP contribution in [0.15, 0.2) is 36.5 Å². The van der Waals surface area contributed by atoms with Gasteiger partial charge in [0, 0.05) is 19.3 Å². The van der Waals surface area contributed by atoms with E-state index in [0.717, 1.165) is 116 Å². The molecule has 0 saturated carbocycles. The van der Waals surface area contributed by atoms with Gasteiger partial charge in [-0.25, -0.2) is 0 Å². The van der Waals surface area contributed by atoms with Crippen molar-refractivity contribution in [2.45, 2.75) is 290 Å². The van der Waals surface area contributed by atoms with E-state index >= 15 is 0 Å². The van der Waals surface area contributed by atoms with Gasteiger partial charge in [-0.2, -0.15) is 0 Å². The fourth-order valence-corrected chi connectivity index (χ4v) is 7.38. The van der Waals surface area contributed by atoms with Gasteiger partial charge in [-0.3, -0.25) is 14.4 Å². The molecular formula is C56H102O6. The van der Waals surface area contributed by atoms with Crippen LogP contribution in [0.25, 0.3) is 0 Å². The standard InChI is InChI=1S/C56H102O6/c1-4-7-10-13-16-19-22-25-28-31-33-36-39-42-45-48-54(57)60-51-53(62-56(59)50-47-44-41-38-35-30-27-24-21-18-15-12-9-6-3)52-61-55(58)49-46-43-40-37-34-32-29-26-23-20-17-14-11-8-5-2/h21,24-26,28-29,53H,4-20,22-23,27,30-52H2,1-3H3/b24-21+,28-25+,29-26+/i51D2,52D2,53D. The van der Waals surface area contributed by atoms with Gasteiger partial charge in [0.1, 0.15) is 13.1 Å². The number of allylic oxidation sites excluding steroid dienone is 6. The van der Waals surface area contributed by atoms with E-state index < -0.39 is 37.1 Å². The number of ether oxygens (including phenoxy) is 3. The van der Waals surface area contributed by atoms with Gasteiger partial charge in [0.15, 0.2) is 6.08 Å². The number of hydrogen-bond donors (Lipinski definition) is 0. The van der Waals surface area contributed by atoms with E-state index in [1.54, 1.807) is 0 Å². The predicted molar refractivity (Wildman–Crippen MR) is 266 cm³/mol. The van der Waals surface area contributed by atoms with E-state index in [2.05, 4.69) is 57.2 Å². The summed E-state index contributed by atoms with van der Waals surface area (Å²) < 4.78 is 58.9. The van der Waals surface area contributed by atoms with Crippen LogP contribution in [0, 0.1) is 0 Å². The van der Waals surface area contributed by atoms with Gasteiger partial charge >= 0.3 is 17.9 Å². The maximum Gasteiger partial charge on any atom is 0.306 e. The van der Waals surface area contributed by atoms with E-state index in [-0.39, 0.29) is 19.3 Å². The van der Waals surface area contributed by atoms with Crippen molar-refractivity contribution in [1.29, 1.82) is 0 Å². The highest BCUT2D eigenvalue weighted by atomic mass is 16.6. The van der Waals surface area contributed by atoms with E-state index in [9.17, 15) is 14.4 Å². The van der Waals surface area contributed by atoms with Crippen LogP contribution < -0.4 is 0 Å². The molecule has 6 heteroatoms. The lowest BCUT2D eigenvalue weighted by Gasteiger charge is -2.18. The fourth-order valence-electron chi connectivity index (χ4n) is 7.38. The average Bonchev–Trinajstić information content (AvgIpc) is 3.28. The van der Waals surface area contributed by atoms with Gasteiger partial charge in [-0.1, -0.05) is 205 Å². The quantitative estimate of drug-likeness (QED) is 0.0262. The summed E-state index contributed by atoms with van der Waals surface area (Å²) in [6, 6.07) is 0. The summed E-state index contributed by atoms with van der Waals surface area (Å²) in [4.78, 5) is 39.0. The molecule has 0 aromatic carbocycles. The number of esters is 3. The summed E-state index contributed by atoms with van der Waals surface area (Å²) in [5.74, 6) is -2.98. The van der Waals surface area contributed by atoms with E-state index in [0.29, 0.717) is 25.7 Å². The molecular weight excluding hydrogens is 769 g/mol. The molecule has 0 aromatic rings. The zero-order valence-electron chi connectivity index (χ0n) is 45.9. The predicted octanol–water partition coefficient (Wildman–Crippen LogP) is 17.7. The van der Waals surface area contributed by atoms with Crippen LogP contribution >= 0.6 is 0 Å². The third kappa shape index (κ3) is 48.7. The number of carbonyl (C=O) groups excluding carboxylic acids is 3. The Morgan fingerprint density at radius 3 is 0.871 bits per heavy atom. The van der Waals surface area contributed by atoms with Crippen LogP contribution in [0.2, 0.25) is 0 Å². The molecule has 0 amide bonds. The number of carbonyl (C=O) groups is 3. The molecule has 0 fully saturated rings. The summed E-state index contributed by atoms with van der Waals surface area (Å²) >= 11 is 0. The van der Waals surface area contributed by atoms with Crippen molar-refractivity contribution in [2.75, 3.05) is 13.1 Å². The molecule has 0 saturated heterocycles. The van der Waals surface area contributed by atoms with E-state index in [4.69, 9.17) is 21.1 Å². The molecule has 62 heavy (non-hydrogen) atoms. The summed E-state index contributed by atoms with van der Waals surface area (Å²) in [6.45, 7) is -0.236. The lowest BCUT2D eigenvalue weighted by atomic mass is 10.1. The van der Waals surface area contributed by atoms with Crippen LogP contribution in [0.3, 0.4) is 0 Å². The number of unbranched alkanes of at least 4 members (excludes halogenated alkanes) is 32. The molecule has 0 N–H and O–H groups in total. The zero-order valence-corrected chi connectivity index (χ0v) is 40.9. The first kappa shape index (κ1) is 50.6. The monoisotopic (exact) mass is 876 g/mol. The van der Waals surface area contributed by atoms with Crippen LogP contribution in [0.5, 0.6) is 0 Å². The smallest absolute Gasteiger partial charge is 0.306 e. The Kier molecular flexibility index (Phi) is 41.9. The first-order valence-corrected chi connectivity index (χ1v) is 26.5. The zero-order chi connectivity index (χ0) is 49.6. The van der Waals surface area contributed by atoms with Crippen molar-refractivity contribution in [3.8, 4) is 0 Å². The minimum absolute atomic E-state index is 0.144. The third-order valence-electron chi connectivity index (χ3n) is 11.4. The van der Waals surface area contributed by atoms with Crippen LogP contribution in [-0.4, -0.2) is 37.1 Å². The fraction of sp³-hybridized carbons (Fsp3) is 0.839. The Morgan fingerprint density at radius 2 is 0.581 bits per heavy atom. The molecule has 0 spiro atoms. The Balaban J connectivity index is 5.04. The average molecular weight is 876 g/mol. The molecule has 0 bridgehead atoms. The summed E-state index contributed by atoms with van der Waals surface area (Å²) in [5.41, 5.74) is 0. The molecule has 0 aliphatic carbocycles. The molecule has 0 unspecified atom stereocenters. The number of rotatable bonds is 49. The van der Waals surface area contributed by atoms with Gasteiger partial charge < -0.3 is 14.2 Å². The second-order valence-electron chi connectivity index (χ2n) is 17.6. The van der Waals surface area contributed by atoms with Gasteiger partial charge in [-0.15, -0.1) is 0 Å². The Bertz CT molecular complexity index is 1200. The van der Waals surface area contributed by atoms with Crippen molar-refractivity contribution in [3.63, 3.8) is 0 Å². The minimum atomic E-state index is -3.50. The van der Waals surface area contributed by atoms with Gasteiger partial charge in [0.05, 0.1) is 6.85 Å². The van der Waals surface area contributed by atoms with Gasteiger partial charge in [0.25, 0.3) is 0 Å². The minimum Gasteiger partial charge on any atom is -0.462 e. The van der Waals surface area contributed by atoms with Gasteiger partial charge in [0.2, 0.25) is 0 Å². The summed E-state index contributed by atoms with van der Waals surface area (Å²) in [6.07, 6.45) is 50.1. The molecule has 0 aliphatic heterocycles. The van der Waals surface area contributed by atoms with E-state index in [1.165, 1.54) is 103 Å². The topological polar surface area (TPSA) is 78.9 Å². The van der Waals surface area contributed by atoms with Gasteiger partial charge in [-0.05, 0) is 96.3 Å². The molecule has 0 aliphatic rings. The lowest BCUT2D eigenvalue weighted by Crippen LogP contribution is -2.30. The van der Waals surface area contributed by atoms with E-state index in [1.807, 2.05) is 0 Å². The second-order valence-corrected chi connectivity index (χ2v) is 17.6.